The lowest BCUT2D eigenvalue weighted by atomic mass is 10.1. The fourth-order valence-electron chi connectivity index (χ4n) is 1.64. The highest BCUT2D eigenvalue weighted by molar-refractivity contribution is 6.31. The summed E-state index contributed by atoms with van der Waals surface area (Å²) in [5.74, 6) is -0.649. The summed E-state index contributed by atoms with van der Waals surface area (Å²) in [6.45, 7) is 0.385. The normalized spacial score (nSPS) is 10.3. The molecular formula is C12H9ClN2O3. The van der Waals surface area contributed by atoms with Gasteiger partial charge < -0.3 is 10.5 Å². The van der Waals surface area contributed by atoms with Crippen molar-refractivity contribution in [2.24, 2.45) is 5.73 Å². The van der Waals surface area contributed by atoms with Crippen molar-refractivity contribution in [3.63, 3.8) is 0 Å². The summed E-state index contributed by atoms with van der Waals surface area (Å²) in [5.41, 5.74) is 6.48. The number of rotatable bonds is 4. The van der Waals surface area contributed by atoms with Gasteiger partial charge in [0.1, 0.15) is 12.3 Å². The number of carbonyl (C=O) groups is 2. The van der Waals surface area contributed by atoms with E-state index in [0.29, 0.717) is 22.6 Å². The summed E-state index contributed by atoms with van der Waals surface area (Å²) in [6.07, 6.45) is 0. The van der Waals surface area contributed by atoms with Crippen molar-refractivity contribution in [3.05, 3.63) is 40.5 Å². The molecular weight excluding hydrogens is 256 g/mol. The minimum absolute atomic E-state index is 0.0461. The van der Waals surface area contributed by atoms with Gasteiger partial charge in [-0.2, -0.15) is 0 Å². The van der Waals surface area contributed by atoms with E-state index in [1.165, 1.54) is 6.07 Å². The number of hydrogen-bond donors (Lipinski definition) is 1. The van der Waals surface area contributed by atoms with E-state index in [2.05, 4.69) is 4.98 Å². The molecule has 0 bridgehead atoms. The van der Waals surface area contributed by atoms with Crippen LogP contribution in [-0.2, 0) is 16.1 Å². The Balaban J connectivity index is 2.64. The molecule has 2 aromatic rings. The van der Waals surface area contributed by atoms with Crippen LogP contribution in [0.1, 0.15) is 16.1 Å². The number of fused-ring (bicyclic) bond motifs is 1. The second kappa shape index (κ2) is 5.01. The van der Waals surface area contributed by atoms with Crippen LogP contribution in [0.3, 0.4) is 0 Å². The Kier molecular flexibility index (Phi) is 3.43. The quantitative estimate of drug-likeness (QED) is 0.852. The van der Waals surface area contributed by atoms with Crippen LogP contribution in [0.5, 0.6) is 0 Å². The second-order valence-electron chi connectivity index (χ2n) is 3.60. The molecule has 1 heterocycles. The van der Waals surface area contributed by atoms with E-state index in [-0.39, 0.29) is 12.3 Å². The van der Waals surface area contributed by atoms with Crippen molar-refractivity contribution < 1.29 is 14.3 Å². The van der Waals surface area contributed by atoms with Crippen molar-refractivity contribution in [2.45, 2.75) is 6.61 Å². The molecule has 0 unspecified atom stereocenters. The molecule has 0 spiro atoms. The Morgan fingerprint density at radius 1 is 1.44 bits per heavy atom. The van der Waals surface area contributed by atoms with E-state index in [1.807, 2.05) is 0 Å². The number of ether oxygens (including phenoxy) is 1. The topological polar surface area (TPSA) is 82.3 Å². The van der Waals surface area contributed by atoms with E-state index >= 15 is 0 Å². The standard InChI is InChI=1S/C12H9ClN2O3/c13-8-1-2-9-7(5-18-6-16)3-11(12(14)17)15-10(9)4-8/h1-4,6H,5H2,(H2,14,17). The van der Waals surface area contributed by atoms with Crippen LogP contribution in [0.2, 0.25) is 5.02 Å². The fourth-order valence-corrected chi connectivity index (χ4v) is 1.81. The van der Waals surface area contributed by atoms with Crippen LogP contribution in [0.4, 0.5) is 0 Å². The minimum atomic E-state index is -0.649. The van der Waals surface area contributed by atoms with Gasteiger partial charge in [-0.25, -0.2) is 4.98 Å². The molecule has 0 aliphatic rings. The van der Waals surface area contributed by atoms with Crippen LogP contribution in [0, 0.1) is 0 Å². The number of benzene rings is 1. The van der Waals surface area contributed by atoms with Crippen LogP contribution in [0.15, 0.2) is 24.3 Å². The molecule has 2 N–H and O–H groups in total. The van der Waals surface area contributed by atoms with Gasteiger partial charge in [-0.15, -0.1) is 0 Å². The van der Waals surface area contributed by atoms with Gasteiger partial charge in [-0.1, -0.05) is 17.7 Å². The molecule has 0 aliphatic carbocycles. The maximum Gasteiger partial charge on any atom is 0.293 e. The fraction of sp³-hybridized carbons (Fsp3) is 0.0833. The van der Waals surface area contributed by atoms with E-state index in [0.717, 1.165) is 5.39 Å². The highest BCUT2D eigenvalue weighted by Gasteiger charge is 2.10. The molecule has 6 heteroatoms. The lowest BCUT2D eigenvalue weighted by Gasteiger charge is -2.07. The van der Waals surface area contributed by atoms with Gasteiger partial charge >= 0.3 is 0 Å². The van der Waals surface area contributed by atoms with Crippen molar-refractivity contribution >= 4 is 34.9 Å². The zero-order valence-electron chi connectivity index (χ0n) is 9.22. The number of halogens is 1. The lowest BCUT2D eigenvalue weighted by Crippen LogP contribution is -2.14. The smallest absolute Gasteiger partial charge is 0.293 e. The number of nitrogens with zero attached hydrogens (tertiary/aromatic N) is 1. The van der Waals surface area contributed by atoms with E-state index in [1.54, 1.807) is 18.2 Å². The van der Waals surface area contributed by atoms with Gasteiger partial charge in [0, 0.05) is 16.0 Å². The first-order valence-corrected chi connectivity index (χ1v) is 5.44. The van der Waals surface area contributed by atoms with Gasteiger partial charge in [0.25, 0.3) is 12.4 Å². The van der Waals surface area contributed by atoms with Crippen molar-refractivity contribution in [2.75, 3.05) is 0 Å². The molecule has 0 aliphatic heterocycles. The molecule has 92 valence electrons. The number of pyridine rings is 1. The third-order valence-corrected chi connectivity index (χ3v) is 2.65. The van der Waals surface area contributed by atoms with E-state index < -0.39 is 5.91 Å². The minimum Gasteiger partial charge on any atom is -0.463 e. The summed E-state index contributed by atoms with van der Waals surface area (Å²) in [5, 5.41) is 1.25. The maximum atomic E-state index is 11.2. The van der Waals surface area contributed by atoms with Gasteiger partial charge in [0.15, 0.2) is 0 Å². The molecule has 0 saturated heterocycles. The third kappa shape index (κ3) is 2.41. The molecule has 18 heavy (non-hydrogen) atoms. The third-order valence-electron chi connectivity index (χ3n) is 2.42. The maximum absolute atomic E-state index is 11.2. The summed E-state index contributed by atoms with van der Waals surface area (Å²) in [7, 11) is 0. The van der Waals surface area contributed by atoms with Crippen LogP contribution < -0.4 is 5.73 Å². The lowest BCUT2D eigenvalue weighted by molar-refractivity contribution is -0.129. The average molecular weight is 265 g/mol. The Morgan fingerprint density at radius 3 is 2.89 bits per heavy atom. The molecule has 0 saturated carbocycles. The Morgan fingerprint density at radius 2 is 2.22 bits per heavy atom. The van der Waals surface area contributed by atoms with Crippen LogP contribution >= 0.6 is 11.6 Å². The summed E-state index contributed by atoms with van der Waals surface area (Å²) in [6, 6.07) is 6.56. The van der Waals surface area contributed by atoms with E-state index in [4.69, 9.17) is 22.1 Å². The summed E-state index contributed by atoms with van der Waals surface area (Å²) in [4.78, 5) is 25.5. The number of amides is 1. The molecule has 0 radical (unpaired) electrons. The number of carbonyl (C=O) groups excluding carboxylic acids is 2. The first kappa shape index (κ1) is 12.3. The zero-order valence-corrected chi connectivity index (χ0v) is 9.98. The van der Waals surface area contributed by atoms with Crippen molar-refractivity contribution in [3.8, 4) is 0 Å². The first-order valence-electron chi connectivity index (χ1n) is 5.06. The number of aromatic nitrogens is 1. The predicted molar refractivity (Wildman–Crippen MR) is 66.1 cm³/mol. The second-order valence-corrected chi connectivity index (χ2v) is 4.04. The van der Waals surface area contributed by atoms with Crippen LogP contribution in [0.25, 0.3) is 10.9 Å². The van der Waals surface area contributed by atoms with Crippen molar-refractivity contribution in [1.82, 2.24) is 4.98 Å². The molecule has 1 aromatic carbocycles. The Hall–Kier alpha value is -2.14. The van der Waals surface area contributed by atoms with E-state index in [9.17, 15) is 9.59 Å². The van der Waals surface area contributed by atoms with Crippen molar-refractivity contribution in [1.29, 1.82) is 0 Å². The Bertz CT molecular complexity index is 628. The summed E-state index contributed by atoms with van der Waals surface area (Å²) < 4.78 is 4.70. The monoisotopic (exact) mass is 264 g/mol. The first-order chi connectivity index (χ1) is 8.61. The van der Waals surface area contributed by atoms with Gasteiger partial charge in [0.2, 0.25) is 0 Å². The zero-order chi connectivity index (χ0) is 13.1. The summed E-state index contributed by atoms with van der Waals surface area (Å²) >= 11 is 5.86. The SMILES string of the molecule is NC(=O)c1cc(COC=O)c2ccc(Cl)cc2n1. The molecule has 0 fully saturated rings. The highest BCUT2D eigenvalue weighted by Crippen LogP contribution is 2.22. The van der Waals surface area contributed by atoms with Gasteiger partial charge in [-0.05, 0) is 18.2 Å². The van der Waals surface area contributed by atoms with Crippen LogP contribution in [-0.4, -0.2) is 17.4 Å². The number of hydrogen-bond acceptors (Lipinski definition) is 4. The number of nitrogens with two attached hydrogens (primary N) is 1. The number of primary amides is 1. The molecule has 1 aromatic heterocycles. The molecule has 0 atom stereocenters. The molecule has 5 nitrogen and oxygen atoms in total. The van der Waals surface area contributed by atoms with Gasteiger partial charge in [-0.3, -0.25) is 9.59 Å². The molecule has 2 rings (SSSR count). The van der Waals surface area contributed by atoms with Gasteiger partial charge in [0.05, 0.1) is 5.52 Å². The Labute approximate surface area is 108 Å². The highest BCUT2D eigenvalue weighted by atomic mass is 35.5. The predicted octanol–water partition coefficient (Wildman–Crippen LogP) is 1.66. The molecule has 1 amide bonds. The largest absolute Gasteiger partial charge is 0.463 e. The average Bonchev–Trinajstić information content (AvgIpc) is 2.34.